The molecule has 0 N–H and O–H groups in total. The summed E-state index contributed by atoms with van der Waals surface area (Å²) in [6.07, 6.45) is 2.66. The third kappa shape index (κ3) is 1.80. The summed E-state index contributed by atoms with van der Waals surface area (Å²) in [4.78, 5) is 3.61. The minimum Gasteiger partial charge on any atom is -0.264 e. The molecule has 0 radical (unpaired) electrons. The number of rotatable bonds is 1. The molecular weight excluding hydrogens is 241 g/mol. The minimum absolute atomic E-state index is 0.131. The van der Waals surface area contributed by atoms with Crippen molar-refractivity contribution in [2.45, 2.75) is 4.90 Å². The van der Waals surface area contributed by atoms with Crippen LogP contribution in [0.5, 0.6) is 0 Å². The molecular formula is C9H5ClFNO2S. The van der Waals surface area contributed by atoms with Crippen LogP contribution in [0.1, 0.15) is 0 Å². The highest BCUT2D eigenvalue weighted by atomic mass is 35.7. The second-order valence-corrected chi connectivity index (χ2v) is 5.44. The lowest BCUT2D eigenvalue weighted by atomic mass is 10.2. The summed E-state index contributed by atoms with van der Waals surface area (Å²) in [5.74, 6) is -0.503. The fourth-order valence-electron chi connectivity index (χ4n) is 1.34. The van der Waals surface area contributed by atoms with Crippen molar-refractivity contribution in [3.05, 3.63) is 36.4 Å². The maximum atomic E-state index is 13.3. The molecule has 0 saturated carbocycles. The van der Waals surface area contributed by atoms with Gasteiger partial charge in [-0.15, -0.1) is 0 Å². The van der Waals surface area contributed by atoms with Crippen LogP contribution in [-0.4, -0.2) is 13.4 Å². The van der Waals surface area contributed by atoms with Crippen molar-refractivity contribution < 1.29 is 12.8 Å². The molecule has 0 amide bonds. The molecule has 0 unspecified atom stereocenters. The van der Waals surface area contributed by atoms with Gasteiger partial charge in [-0.05, 0) is 18.2 Å². The lowest BCUT2D eigenvalue weighted by Crippen LogP contribution is -1.94. The Bertz CT molecular complexity index is 627. The van der Waals surface area contributed by atoms with Crippen LogP contribution in [0.15, 0.2) is 35.5 Å². The van der Waals surface area contributed by atoms with E-state index < -0.39 is 14.9 Å². The van der Waals surface area contributed by atoms with Gasteiger partial charge < -0.3 is 0 Å². The molecule has 0 aliphatic heterocycles. The number of hydrogen-bond donors (Lipinski definition) is 0. The molecule has 0 fully saturated rings. The zero-order chi connectivity index (χ0) is 11.1. The smallest absolute Gasteiger partial charge is 0.261 e. The second kappa shape index (κ2) is 3.43. The van der Waals surface area contributed by atoms with E-state index in [0.717, 1.165) is 12.1 Å². The molecule has 0 bridgehead atoms. The highest BCUT2D eigenvalue weighted by molar-refractivity contribution is 8.14. The molecule has 6 heteroatoms. The molecule has 2 aromatic rings. The molecule has 0 aliphatic rings. The van der Waals surface area contributed by atoms with Gasteiger partial charge in [-0.3, -0.25) is 4.98 Å². The number of benzene rings is 1. The number of pyridine rings is 1. The predicted molar refractivity (Wildman–Crippen MR) is 54.7 cm³/mol. The van der Waals surface area contributed by atoms with E-state index in [1.54, 1.807) is 0 Å². The third-order valence-electron chi connectivity index (χ3n) is 1.99. The second-order valence-electron chi connectivity index (χ2n) is 2.90. The van der Waals surface area contributed by atoms with Gasteiger partial charge in [0.1, 0.15) is 5.82 Å². The normalized spacial score (nSPS) is 11.9. The van der Waals surface area contributed by atoms with Crippen LogP contribution in [0.25, 0.3) is 10.8 Å². The van der Waals surface area contributed by atoms with Crippen molar-refractivity contribution in [1.29, 1.82) is 0 Å². The molecule has 0 atom stereocenters. The van der Waals surface area contributed by atoms with E-state index in [9.17, 15) is 12.8 Å². The van der Waals surface area contributed by atoms with Crippen LogP contribution in [0.4, 0.5) is 4.39 Å². The maximum Gasteiger partial charge on any atom is 0.261 e. The van der Waals surface area contributed by atoms with E-state index in [1.807, 2.05) is 0 Å². The standard InChI is InChI=1S/C9H5ClFNO2S/c10-15(13,14)9-2-1-8(11)6-3-4-12-5-7(6)9/h1-5H. The van der Waals surface area contributed by atoms with Crippen molar-refractivity contribution >= 4 is 30.5 Å². The third-order valence-corrected chi connectivity index (χ3v) is 3.37. The molecule has 1 aromatic carbocycles. The first-order valence-electron chi connectivity index (χ1n) is 3.97. The van der Waals surface area contributed by atoms with Crippen LogP contribution in [0.2, 0.25) is 0 Å². The van der Waals surface area contributed by atoms with Gasteiger partial charge in [-0.25, -0.2) is 12.8 Å². The number of nitrogens with zero attached hydrogens (tertiary/aromatic N) is 1. The lowest BCUT2D eigenvalue weighted by Gasteiger charge is -2.03. The summed E-state index contributed by atoms with van der Waals surface area (Å²) in [5.41, 5.74) is 0. The highest BCUT2D eigenvalue weighted by Crippen LogP contribution is 2.26. The quantitative estimate of drug-likeness (QED) is 0.725. The van der Waals surface area contributed by atoms with E-state index in [-0.39, 0.29) is 15.7 Å². The summed E-state index contributed by atoms with van der Waals surface area (Å²) in [6, 6.07) is 3.59. The van der Waals surface area contributed by atoms with Crippen LogP contribution < -0.4 is 0 Å². The SMILES string of the molecule is O=S(=O)(Cl)c1ccc(F)c2ccncc12. The molecule has 0 aliphatic carbocycles. The number of fused-ring (bicyclic) bond motifs is 1. The molecule has 0 spiro atoms. The van der Waals surface area contributed by atoms with Gasteiger partial charge in [-0.2, -0.15) is 0 Å². The zero-order valence-electron chi connectivity index (χ0n) is 7.31. The van der Waals surface area contributed by atoms with E-state index >= 15 is 0 Å². The molecule has 78 valence electrons. The van der Waals surface area contributed by atoms with Gasteiger partial charge in [0, 0.05) is 33.8 Å². The maximum absolute atomic E-state index is 13.3. The largest absolute Gasteiger partial charge is 0.264 e. The van der Waals surface area contributed by atoms with Gasteiger partial charge in [0.2, 0.25) is 0 Å². The van der Waals surface area contributed by atoms with Crippen LogP contribution >= 0.6 is 10.7 Å². The van der Waals surface area contributed by atoms with Crippen molar-refractivity contribution in [2.75, 3.05) is 0 Å². The average molecular weight is 246 g/mol. The Morgan fingerprint density at radius 2 is 1.93 bits per heavy atom. The molecule has 0 saturated heterocycles. The first-order chi connectivity index (χ1) is 7.00. The lowest BCUT2D eigenvalue weighted by molar-refractivity contribution is 0.609. The van der Waals surface area contributed by atoms with Crippen molar-refractivity contribution in [2.24, 2.45) is 0 Å². The van der Waals surface area contributed by atoms with E-state index in [2.05, 4.69) is 4.98 Å². The summed E-state index contributed by atoms with van der Waals surface area (Å²) in [5, 5.41) is 0.374. The summed E-state index contributed by atoms with van der Waals surface area (Å²) >= 11 is 0. The van der Waals surface area contributed by atoms with Gasteiger partial charge in [0.25, 0.3) is 9.05 Å². The van der Waals surface area contributed by atoms with Crippen molar-refractivity contribution in [1.82, 2.24) is 4.98 Å². The summed E-state index contributed by atoms with van der Waals surface area (Å²) < 4.78 is 35.6. The fourth-order valence-corrected chi connectivity index (χ4v) is 2.40. The molecule has 3 nitrogen and oxygen atoms in total. The van der Waals surface area contributed by atoms with Gasteiger partial charge >= 0.3 is 0 Å². The van der Waals surface area contributed by atoms with Crippen molar-refractivity contribution in [3.63, 3.8) is 0 Å². The number of halogens is 2. The molecule has 1 heterocycles. The first-order valence-corrected chi connectivity index (χ1v) is 6.28. The van der Waals surface area contributed by atoms with E-state index in [1.165, 1.54) is 18.5 Å². The molecule has 2 rings (SSSR count). The van der Waals surface area contributed by atoms with E-state index in [0.29, 0.717) is 0 Å². The molecule has 1 aromatic heterocycles. The Labute approximate surface area is 89.9 Å². The zero-order valence-corrected chi connectivity index (χ0v) is 8.89. The first kappa shape index (κ1) is 10.3. The Kier molecular flexibility index (Phi) is 2.36. The van der Waals surface area contributed by atoms with Crippen LogP contribution in [0.3, 0.4) is 0 Å². The summed E-state index contributed by atoms with van der Waals surface area (Å²) in [6.45, 7) is 0. The molecule has 15 heavy (non-hydrogen) atoms. The Hall–Kier alpha value is -1.20. The predicted octanol–water partition coefficient (Wildman–Crippen LogP) is 2.30. The summed E-state index contributed by atoms with van der Waals surface area (Å²) in [7, 11) is 1.33. The Morgan fingerprint density at radius 3 is 2.60 bits per heavy atom. The minimum atomic E-state index is -3.88. The Morgan fingerprint density at radius 1 is 1.20 bits per heavy atom. The van der Waals surface area contributed by atoms with Crippen LogP contribution in [-0.2, 0) is 9.05 Å². The van der Waals surface area contributed by atoms with Gasteiger partial charge in [0.15, 0.2) is 0 Å². The number of aromatic nitrogens is 1. The van der Waals surface area contributed by atoms with E-state index in [4.69, 9.17) is 10.7 Å². The van der Waals surface area contributed by atoms with Gasteiger partial charge in [-0.1, -0.05) is 0 Å². The highest BCUT2D eigenvalue weighted by Gasteiger charge is 2.15. The van der Waals surface area contributed by atoms with Crippen molar-refractivity contribution in [3.8, 4) is 0 Å². The topological polar surface area (TPSA) is 47.0 Å². The van der Waals surface area contributed by atoms with Crippen LogP contribution in [0, 0.1) is 5.82 Å². The Balaban J connectivity index is 2.96. The monoisotopic (exact) mass is 245 g/mol. The van der Waals surface area contributed by atoms with Gasteiger partial charge in [0.05, 0.1) is 4.90 Å². The average Bonchev–Trinajstić information content (AvgIpc) is 2.17. The fraction of sp³-hybridized carbons (Fsp3) is 0. The number of hydrogen-bond acceptors (Lipinski definition) is 3.